The molecule has 2 aromatic rings. The topological polar surface area (TPSA) is 35.5 Å². The number of rotatable bonds is 4. The van der Waals surface area contributed by atoms with Crippen molar-refractivity contribution in [3.8, 4) is 11.5 Å². The average molecular weight is 403 g/mol. The van der Waals surface area contributed by atoms with Crippen LogP contribution in [0, 0.1) is 3.57 Å². The fourth-order valence-electron chi connectivity index (χ4n) is 1.86. The van der Waals surface area contributed by atoms with E-state index in [2.05, 4.69) is 22.6 Å². The highest BCUT2D eigenvalue weighted by Gasteiger charge is 2.19. The quantitative estimate of drug-likeness (QED) is 0.568. The molecule has 0 fully saturated rings. The smallest absolute Gasteiger partial charge is 0.200 e. The molecule has 0 radical (unpaired) electrons. The van der Waals surface area contributed by atoms with Crippen LogP contribution in [-0.2, 0) is 0 Å². The summed E-state index contributed by atoms with van der Waals surface area (Å²) in [5.74, 6) is 0.831. The lowest BCUT2D eigenvalue weighted by molar-refractivity contribution is 0.103. The number of ether oxygens (including phenoxy) is 2. The summed E-state index contributed by atoms with van der Waals surface area (Å²) >= 11 is 8.12. The highest BCUT2D eigenvalue weighted by Crippen LogP contribution is 2.29. The Bertz CT molecular complexity index is 600. The maximum Gasteiger partial charge on any atom is 0.200 e. The molecule has 0 bridgehead atoms. The number of halogens is 2. The van der Waals surface area contributed by atoms with Gasteiger partial charge in [0, 0.05) is 8.59 Å². The molecule has 0 aliphatic rings. The summed E-state index contributed by atoms with van der Waals surface area (Å²) in [5, 5.41) is 0.485. The Hall–Kier alpha value is -1.27. The van der Waals surface area contributed by atoms with E-state index in [1.54, 1.807) is 30.3 Å². The molecule has 0 heterocycles. The maximum atomic E-state index is 12.7. The van der Waals surface area contributed by atoms with Crippen molar-refractivity contribution in [2.45, 2.75) is 0 Å². The molecule has 0 aliphatic carbocycles. The summed E-state index contributed by atoms with van der Waals surface area (Å²) in [5.41, 5.74) is 0.903. The minimum absolute atomic E-state index is 0.181. The fraction of sp³-hybridized carbons (Fsp3) is 0.133. The number of ketones is 1. The first-order valence-electron chi connectivity index (χ1n) is 5.78. The zero-order chi connectivity index (χ0) is 14.7. The second kappa shape index (κ2) is 6.45. The van der Waals surface area contributed by atoms with Gasteiger partial charge in [-0.15, -0.1) is 0 Å². The van der Waals surface area contributed by atoms with E-state index in [1.165, 1.54) is 14.2 Å². The summed E-state index contributed by atoms with van der Waals surface area (Å²) in [6.07, 6.45) is 0. The third-order valence-electron chi connectivity index (χ3n) is 2.81. The van der Waals surface area contributed by atoms with Crippen molar-refractivity contribution in [2.24, 2.45) is 0 Å². The number of carbonyl (C=O) groups is 1. The van der Waals surface area contributed by atoms with Gasteiger partial charge in [-0.1, -0.05) is 11.6 Å². The molecular weight excluding hydrogens is 391 g/mol. The first-order chi connectivity index (χ1) is 9.56. The maximum absolute atomic E-state index is 12.7. The van der Waals surface area contributed by atoms with Crippen LogP contribution in [0.3, 0.4) is 0 Å². The summed E-state index contributed by atoms with van der Waals surface area (Å²) in [6, 6.07) is 10.4. The van der Waals surface area contributed by atoms with Gasteiger partial charge in [0.15, 0.2) is 0 Å². The number of benzene rings is 2. The van der Waals surface area contributed by atoms with Crippen LogP contribution in [0.4, 0.5) is 0 Å². The van der Waals surface area contributed by atoms with Gasteiger partial charge in [0.1, 0.15) is 11.5 Å². The van der Waals surface area contributed by atoms with Crippen molar-refractivity contribution < 1.29 is 14.3 Å². The van der Waals surface area contributed by atoms with Crippen LogP contribution in [0.25, 0.3) is 0 Å². The summed E-state index contributed by atoms with van der Waals surface area (Å²) < 4.78 is 11.4. The molecule has 0 spiro atoms. The van der Waals surface area contributed by atoms with E-state index in [1.807, 2.05) is 6.07 Å². The van der Waals surface area contributed by atoms with Crippen molar-refractivity contribution in [2.75, 3.05) is 14.2 Å². The van der Waals surface area contributed by atoms with Crippen molar-refractivity contribution in [3.05, 3.63) is 56.1 Å². The molecule has 104 valence electrons. The molecule has 0 amide bonds. The minimum atomic E-state index is -0.181. The van der Waals surface area contributed by atoms with E-state index in [0.717, 1.165) is 3.57 Å². The second-order valence-electron chi connectivity index (χ2n) is 4.02. The third-order valence-corrected chi connectivity index (χ3v) is 3.72. The number of carbonyl (C=O) groups excluding carboxylic acids is 1. The minimum Gasteiger partial charge on any atom is -0.496 e. The molecule has 20 heavy (non-hydrogen) atoms. The molecule has 0 aromatic heterocycles. The Morgan fingerprint density at radius 2 is 1.55 bits per heavy atom. The molecular formula is C15H12ClIO3. The average Bonchev–Trinajstić information content (AvgIpc) is 2.46. The molecule has 0 saturated heterocycles. The fourth-order valence-corrected chi connectivity index (χ4v) is 2.52. The standard InChI is InChI=1S/C15H12ClIO3/c1-19-13-5-3-9(16)7-11(13)15(18)12-8-10(17)4-6-14(12)20-2/h3-8H,1-2H3. The van der Waals surface area contributed by atoms with Gasteiger partial charge in [-0.05, 0) is 59.0 Å². The van der Waals surface area contributed by atoms with Gasteiger partial charge >= 0.3 is 0 Å². The monoisotopic (exact) mass is 402 g/mol. The molecule has 2 rings (SSSR count). The van der Waals surface area contributed by atoms with E-state index in [9.17, 15) is 4.79 Å². The highest BCUT2D eigenvalue weighted by molar-refractivity contribution is 14.1. The Balaban J connectivity index is 2.56. The second-order valence-corrected chi connectivity index (χ2v) is 5.70. The van der Waals surface area contributed by atoms with Crippen LogP contribution >= 0.6 is 34.2 Å². The Morgan fingerprint density at radius 1 is 1.00 bits per heavy atom. The molecule has 0 aliphatic heterocycles. The van der Waals surface area contributed by atoms with Crippen LogP contribution in [0.1, 0.15) is 15.9 Å². The summed E-state index contributed by atoms with van der Waals surface area (Å²) in [6.45, 7) is 0. The molecule has 0 saturated carbocycles. The van der Waals surface area contributed by atoms with E-state index in [-0.39, 0.29) is 5.78 Å². The predicted octanol–water partition coefficient (Wildman–Crippen LogP) is 4.19. The van der Waals surface area contributed by atoms with Crippen LogP contribution < -0.4 is 9.47 Å². The number of hydrogen-bond acceptors (Lipinski definition) is 3. The molecule has 3 nitrogen and oxygen atoms in total. The third kappa shape index (κ3) is 3.07. The van der Waals surface area contributed by atoms with Gasteiger partial charge in [0.05, 0.1) is 25.3 Å². The van der Waals surface area contributed by atoms with Crippen molar-refractivity contribution >= 4 is 40.0 Å². The first kappa shape index (κ1) is 15.1. The number of methoxy groups -OCH3 is 2. The van der Waals surface area contributed by atoms with Crippen molar-refractivity contribution in [1.82, 2.24) is 0 Å². The zero-order valence-corrected chi connectivity index (χ0v) is 13.9. The van der Waals surface area contributed by atoms with E-state index < -0.39 is 0 Å². The van der Waals surface area contributed by atoms with E-state index in [0.29, 0.717) is 27.6 Å². The molecule has 0 N–H and O–H groups in total. The Labute approximate surface area is 136 Å². The van der Waals surface area contributed by atoms with E-state index >= 15 is 0 Å². The molecule has 0 atom stereocenters. The lowest BCUT2D eigenvalue weighted by Crippen LogP contribution is -2.06. The number of hydrogen-bond donors (Lipinski definition) is 0. The predicted molar refractivity (Wildman–Crippen MR) is 87.1 cm³/mol. The molecule has 5 heteroatoms. The SMILES string of the molecule is COc1ccc(Cl)cc1C(=O)c1cc(I)ccc1OC. The molecule has 0 unspecified atom stereocenters. The Morgan fingerprint density at radius 3 is 2.15 bits per heavy atom. The summed E-state index contributed by atoms with van der Waals surface area (Å²) in [7, 11) is 3.06. The lowest BCUT2D eigenvalue weighted by Gasteiger charge is -2.11. The van der Waals surface area contributed by atoms with Gasteiger partial charge in [-0.3, -0.25) is 4.79 Å². The van der Waals surface area contributed by atoms with Gasteiger partial charge in [-0.2, -0.15) is 0 Å². The van der Waals surface area contributed by atoms with Crippen molar-refractivity contribution in [3.63, 3.8) is 0 Å². The molecule has 2 aromatic carbocycles. The van der Waals surface area contributed by atoms with Crippen LogP contribution in [0.5, 0.6) is 11.5 Å². The summed E-state index contributed by atoms with van der Waals surface area (Å²) in [4.78, 5) is 12.7. The Kier molecular flexibility index (Phi) is 4.88. The van der Waals surface area contributed by atoms with Crippen molar-refractivity contribution in [1.29, 1.82) is 0 Å². The lowest BCUT2D eigenvalue weighted by atomic mass is 10.0. The largest absolute Gasteiger partial charge is 0.496 e. The van der Waals surface area contributed by atoms with E-state index in [4.69, 9.17) is 21.1 Å². The van der Waals surface area contributed by atoms with Crippen LogP contribution in [0.2, 0.25) is 5.02 Å². The van der Waals surface area contributed by atoms with Gasteiger partial charge in [-0.25, -0.2) is 0 Å². The van der Waals surface area contributed by atoms with Crippen LogP contribution in [-0.4, -0.2) is 20.0 Å². The highest BCUT2D eigenvalue weighted by atomic mass is 127. The zero-order valence-electron chi connectivity index (χ0n) is 10.9. The van der Waals surface area contributed by atoms with Gasteiger partial charge < -0.3 is 9.47 Å². The van der Waals surface area contributed by atoms with Crippen LogP contribution in [0.15, 0.2) is 36.4 Å². The normalized spacial score (nSPS) is 10.2. The van der Waals surface area contributed by atoms with Gasteiger partial charge in [0.25, 0.3) is 0 Å². The van der Waals surface area contributed by atoms with Gasteiger partial charge in [0.2, 0.25) is 5.78 Å². The first-order valence-corrected chi connectivity index (χ1v) is 7.24.